The molecule has 0 unspecified atom stereocenters. The number of ether oxygens (including phenoxy) is 1. The molecular formula is C25H28N4O2. The Hall–Kier alpha value is -3.35. The number of pyridine rings is 1. The summed E-state index contributed by atoms with van der Waals surface area (Å²) in [6, 6.07) is 20.0. The van der Waals surface area contributed by atoms with Crippen LogP contribution in [0.2, 0.25) is 0 Å². The molecule has 160 valence electrons. The van der Waals surface area contributed by atoms with Crippen molar-refractivity contribution >= 4 is 16.7 Å². The largest absolute Gasteiger partial charge is 0.489 e. The van der Waals surface area contributed by atoms with Crippen molar-refractivity contribution in [2.24, 2.45) is 0 Å². The van der Waals surface area contributed by atoms with Crippen LogP contribution in [0.3, 0.4) is 0 Å². The van der Waals surface area contributed by atoms with Crippen molar-refractivity contribution in [2.45, 2.75) is 32.1 Å². The Balaban J connectivity index is 1.36. The second-order valence-corrected chi connectivity index (χ2v) is 7.84. The number of nitrogen functional groups attached to an aromatic ring is 1. The van der Waals surface area contributed by atoms with Crippen LogP contribution in [0.5, 0.6) is 5.75 Å². The molecule has 0 bridgehead atoms. The molecule has 0 spiro atoms. The summed E-state index contributed by atoms with van der Waals surface area (Å²) < 4.78 is 5.99. The van der Waals surface area contributed by atoms with Crippen LogP contribution in [-0.4, -0.2) is 27.7 Å². The minimum Gasteiger partial charge on any atom is -0.489 e. The zero-order valence-electron chi connectivity index (χ0n) is 17.6. The van der Waals surface area contributed by atoms with E-state index in [1.165, 1.54) is 5.56 Å². The molecule has 0 radical (unpaired) electrons. The molecule has 0 fully saturated rings. The summed E-state index contributed by atoms with van der Waals surface area (Å²) in [5.74, 6) is 1.30. The van der Waals surface area contributed by atoms with Crippen molar-refractivity contribution in [3.63, 3.8) is 0 Å². The summed E-state index contributed by atoms with van der Waals surface area (Å²) in [6.07, 6.45) is 3.86. The average Bonchev–Trinajstić information content (AvgIpc) is 3.19. The van der Waals surface area contributed by atoms with Crippen molar-refractivity contribution in [1.29, 1.82) is 0 Å². The van der Waals surface area contributed by atoms with Crippen molar-refractivity contribution in [3.05, 3.63) is 89.7 Å². The van der Waals surface area contributed by atoms with Gasteiger partial charge in [-0.25, -0.2) is 4.98 Å². The second-order valence-electron chi connectivity index (χ2n) is 7.84. The molecule has 0 aliphatic rings. The predicted molar refractivity (Wildman–Crippen MR) is 124 cm³/mol. The highest BCUT2D eigenvalue weighted by atomic mass is 16.5. The molecule has 31 heavy (non-hydrogen) atoms. The summed E-state index contributed by atoms with van der Waals surface area (Å²) >= 11 is 0. The van der Waals surface area contributed by atoms with Gasteiger partial charge in [-0.3, -0.25) is 0 Å². The van der Waals surface area contributed by atoms with Crippen molar-refractivity contribution < 1.29 is 9.84 Å². The maximum Gasteiger partial charge on any atom is 0.123 e. The third kappa shape index (κ3) is 5.42. The van der Waals surface area contributed by atoms with Gasteiger partial charge in [-0.15, -0.1) is 0 Å². The number of aliphatic hydroxyl groups excluding tert-OH is 1. The number of nitrogens with two attached hydrogens (primary N) is 1. The van der Waals surface area contributed by atoms with Crippen molar-refractivity contribution in [3.8, 4) is 5.75 Å². The van der Waals surface area contributed by atoms with Crippen LogP contribution in [0.1, 0.15) is 29.7 Å². The standard InChI is InChI=1S/C25H28N4O2/c1-17(27-15-24(30)19-7-10-25(26)29-13-19)11-20-14-28-23-9-8-21(12-22(20)23)31-16-18-5-3-2-4-6-18/h2-10,12-14,17,24,27-28,30H,11,15-16H2,1H3,(H2,26,29)/t17-,24-/m0/s1. The molecule has 2 aromatic carbocycles. The molecule has 6 heteroatoms. The Labute approximate surface area is 182 Å². The topological polar surface area (TPSA) is 96.2 Å². The lowest BCUT2D eigenvalue weighted by Gasteiger charge is -2.17. The van der Waals surface area contributed by atoms with E-state index in [1.807, 2.05) is 30.5 Å². The van der Waals surface area contributed by atoms with Gasteiger partial charge in [0.15, 0.2) is 0 Å². The lowest BCUT2D eigenvalue weighted by Crippen LogP contribution is -2.32. The highest BCUT2D eigenvalue weighted by Gasteiger charge is 2.13. The van der Waals surface area contributed by atoms with E-state index >= 15 is 0 Å². The molecule has 2 heterocycles. The summed E-state index contributed by atoms with van der Waals surface area (Å²) in [7, 11) is 0. The molecule has 4 aromatic rings. The Morgan fingerprint density at radius 1 is 1.13 bits per heavy atom. The highest BCUT2D eigenvalue weighted by molar-refractivity contribution is 5.84. The first-order chi connectivity index (χ1) is 15.1. The summed E-state index contributed by atoms with van der Waals surface area (Å²) in [4.78, 5) is 7.38. The van der Waals surface area contributed by atoms with Gasteiger partial charge in [-0.1, -0.05) is 36.4 Å². The van der Waals surface area contributed by atoms with Gasteiger partial charge in [0.1, 0.15) is 18.2 Å². The van der Waals surface area contributed by atoms with Gasteiger partial charge in [-0.2, -0.15) is 0 Å². The number of H-pyrrole nitrogens is 1. The fourth-order valence-electron chi connectivity index (χ4n) is 3.60. The van der Waals surface area contributed by atoms with Crippen LogP contribution in [0, 0.1) is 0 Å². The molecular weight excluding hydrogens is 388 g/mol. The van der Waals surface area contributed by atoms with Gasteiger partial charge in [0.2, 0.25) is 0 Å². The number of benzene rings is 2. The number of anilines is 1. The Morgan fingerprint density at radius 3 is 2.74 bits per heavy atom. The number of nitrogens with one attached hydrogen (secondary N) is 2. The number of aromatic nitrogens is 2. The van der Waals surface area contributed by atoms with Crippen molar-refractivity contribution in [2.75, 3.05) is 12.3 Å². The molecule has 0 aliphatic carbocycles. The fraction of sp³-hybridized carbons (Fsp3) is 0.240. The number of aliphatic hydroxyl groups is 1. The van der Waals surface area contributed by atoms with Gasteiger partial charge in [0, 0.05) is 41.4 Å². The van der Waals surface area contributed by atoms with Gasteiger partial charge in [0.05, 0.1) is 6.10 Å². The number of nitrogens with zero attached hydrogens (tertiary/aromatic N) is 1. The molecule has 2 aromatic heterocycles. The molecule has 0 amide bonds. The van der Waals surface area contributed by atoms with Gasteiger partial charge < -0.3 is 25.9 Å². The van der Waals surface area contributed by atoms with Crippen LogP contribution in [0.25, 0.3) is 10.9 Å². The molecule has 0 saturated carbocycles. The molecule has 5 N–H and O–H groups in total. The summed E-state index contributed by atoms with van der Waals surface area (Å²) in [6.45, 7) is 3.10. The lowest BCUT2D eigenvalue weighted by atomic mass is 10.1. The minimum atomic E-state index is -0.628. The monoisotopic (exact) mass is 416 g/mol. The Bertz CT molecular complexity index is 1110. The first kappa shape index (κ1) is 20.9. The SMILES string of the molecule is C[C@@H](Cc1c[nH]c2ccc(OCc3ccccc3)cc12)NC[C@H](O)c1ccc(N)nc1. The van der Waals surface area contributed by atoms with E-state index in [9.17, 15) is 5.11 Å². The smallest absolute Gasteiger partial charge is 0.123 e. The van der Waals surface area contributed by atoms with Crippen LogP contribution in [0.15, 0.2) is 73.1 Å². The normalized spacial score (nSPS) is 13.2. The molecule has 4 rings (SSSR count). The third-order valence-electron chi connectivity index (χ3n) is 5.37. The molecule has 0 aliphatic heterocycles. The second kappa shape index (κ2) is 9.64. The summed E-state index contributed by atoms with van der Waals surface area (Å²) in [5, 5.41) is 14.9. The molecule has 6 nitrogen and oxygen atoms in total. The first-order valence-corrected chi connectivity index (χ1v) is 10.5. The zero-order chi connectivity index (χ0) is 21.6. The van der Waals surface area contributed by atoms with E-state index in [-0.39, 0.29) is 6.04 Å². The first-order valence-electron chi connectivity index (χ1n) is 10.5. The van der Waals surface area contributed by atoms with Gasteiger partial charge >= 0.3 is 0 Å². The van der Waals surface area contributed by atoms with Crippen molar-refractivity contribution in [1.82, 2.24) is 15.3 Å². The fourth-order valence-corrected chi connectivity index (χ4v) is 3.60. The average molecular weight is 417 g/mol. The minimum absolute atomic E-state index is 0.185. The highest BCUT2D eigenvalue weighted by Crippen LogP contribution is 2.25. The van der Waals surface area contributed by atoms with E-state index in [2.05, 4.69) is 46.5 Å². The van der Waals surface area contributed by atoms with Crippen LogP contribution in [0.4, 0.5) is 5.82 Å². The maximum atomic E-state index is 10.4. The number of hydrogen-bond acceptors (Lipinski definition) is 5. The molecule has 0 saturated heterocycles. The van der Waals surface area contributed by atoms with Crippen LogP contribution < -0.4 is 15.8 Å². The molecule has 2 atom stereocenters. The third-order valence-corrected chi connectivity index (χ3v) is 5.37. The van der Waals surface area contributed by atoms with E-state index in [0.717, 1.165) is 34.2 Å². The number of aromatic amines is 1. The number of fused-ring (bicyclic) bond motifs is 1. The van der Waals surface area contributed by atoms with Gasteiger partial charge in [0.25, 0.3) is 0 Å². The quantitative estimate of drug-likeness (QED) is 0.331. The van der Waals surface area contributed by atoms with E-state index in [0.29, 0.717) is 19.0 Å². The van der Waals surface area contributed by atoms with E-state index < -0.39 is 6.10 Å². The van der Waals surface area contributed by atoms with Crippen LogP contribution >= 0.6 is 0 Å². The number of rotatable bonds is 9. The van der Waals surface area contributed by atoms with Gasteiger partial charge in [-0.05, 0) is 48.7 Å². The summed E-state index contributed by atoms with van der Waals surface area (Å²) in [5.41, 5.74) is 9.80. The number of hydrogen-bond donors (Lipinski definition) is 4. The Kier molecular flexibility index (Phi) is 6.50. The Morgan fingerprint density at radius 2 is 1.97 bits per heavy atom. The maximum absolute atomic E-state index is 10.4. The lowest BCUT2D eigenvalue weighted by molar-refractivity contribution is 0.170. The van der Waals surface area contributed by atoms with Crippen LogP contribution in [-0.2, 0) is 13.0 Å². The van der Waals surface area contributed by atoms with E-state index in [1.54, 1.807) is 18.3 Å². The predicted octanol–water partition coefficient (Wildman–Crippen LogP) is 3.98. The zero-order valence-corrected chi connectivity index (χ0v) is 17.6. The van der Waals surface area contributed by atoms with E-state index in [4.69, 9.17) is 10.5 Å².